The number of carbonyl (C=O) groups excluding carboxylic acids is 1. The molecule has 0 atom stereocenters. The second-order valence-corrected chi connectivity index (χ2v) is 6.49. The van der Waals surface area contributed by atoms with E-state index in [1.54, 1.807) is 0 Å². The van der Waals surface area contributed by atoms with E-state index < -0.39 is 0 Å². The molecular formula is C18H28N2O2. The highest BCUT2D eigenvalue weighted by molar-refractivity contribution is 5.95. The third-order valence-electron chi connectivity index (χ3n) is 4.94. The van der Waals surface area contributed by atoms with Gasteiger partial charge in [0.2, 0.25) is 0 Å². The number of aliphatic hydroxyl groups excluding tert-OH is 1. The highest BCUT2D eigenvalue weighted by Crippen LogP contribution is 2.21. The summed E-state index contributed by atoms with van der Waals surface area (Å²) in [6, 6.07) is 7.78. The molecule has 2 N–H and O–H groups in total. The third kappa shape index (κ3) is 4.01. The Bertz CT molecular complexity index is 486. The van der Waals surface area contributed by atoms with Crippen LogP contribution in [-0.4, -0.2) is 35.7 Å². The van der Waals surface area contributed by atoms with Crippen molar-refractivity contribution < 1.29 is 9.90 Å². The van der Waals surface area contributed by atoms with Crippen LogP contribution in [0.2, 0.25) is 0 Å². The fourth-order valence-corrected chi connectivity index (χ4v) is 2.72. The minimum Gasteiger partial charge on any atom is -0.393 e. The van der Waals surface area contributed by atoms with E-state index in [2.05, 4.69) is 31.0 Å². The predicted molar refractivity (Wildman–Crippen MR) is 90.3 cm³/mol. The first-order valence-corrected chi connectivity index (χ1v) is 8.33. The minimum atomic E-state index is -0.165. The molecule has 0 unspecified atom stereocenters. The molecule has 0 aliphatic carbocycles. The molecule has 122 valence electrons. The fourth-order valence-electron chi connectivity index (χ4n) is 2.72. The summed E-state index contributed by atoms with van der Waals surface area (Å²) < 4.78 is 0. The van der Waals surface area contributed by atoms with E-state index in [1.165, 1.54) is 0 Å². The van der Waals surface area contributed by atoms with Gasteiger partial charge < -0.3 is 15.3 Å². The highest BCUT2D eigenvalue weighted by Gasteiger charge is 2.23. The number of hydrogen-bond donors (Lipinski definition) is 2. The summed E-state index contributed by atoms with van der Waals surface area (Å²) >= 11 is 0. The number of hydrogen-bond acceptors (Lipinski definition) is 3. The maximum atomic E-state index is 12.4. The van der Waals surface area contributed by atoms with Crippen molar-refractivity contribution in [2.45, 2.75) is 58.1 Å². The van der Waals surface area contributed by atoms with E-state index in [0.29, 0.717) is 5.56 Å². The summed E-state index contributed by atoms with van der Waals surface area (Å²) in [5.41, 5.74) is 1.68. The van der Waals surface area contributed by atoms with Crippen LogP contribution in [0.5, 0.6) is 0 Å². The number of benzene rings is 1. The Morgan fingerprint density at radius 1 is 1.23 bits per heavy atom. The van der Waals surface area contributed by atoms with Gasteiger partial charge in [-0.2, -0.15) is 0 Å². The monoisotopic (exact) mass is 304 g/mol. The molecule has 0 spiro atoms. The number of nitrogens with one attached hydrogen (secondary N) is 1. The lowest BCUT2D eigenvalue weighted by Crippen LogP contribution is -2.44. The summed E-state index contributed by atoms with van der Waals surface area (Å²) in [4.78, 5) is 14.6. The van der Waals surface area contributed by atoms with Crippen molar-refractivity contribution in [1.82, 2.24) is 5.32 Å². The largest absolute Gasteiger partial charge is 0.393 e. The Morgan fingerprint density at radius 3 is 2.27 bits per heavy atom. The minimum absolute atomic E-state index is 0.00758. The normalized spacial score (nSPS) is 16.6. The standard InChI is InChI=1S/C18H28N2O2/c1-4-18(3,5-2)19-17(22)14-6-8-15(9-7-14)20-12-10-16(21)11-13-20/h6-9,16,21H,4-5,10-13H2,1-3H3,(H,19,22). The molecule has 0 saturated carbocycles. The molecule has 1 amide bonds. The zero-order valence-corrected chi connectivity index (χ0v) is 13.9. The lowest BCUT2D eigenvalue weighted by molar-refractivity contribution is 0.0901. The summed E-state index contributed by atoms with van der Waals surface area (Å²) in [6.45, 7) is 8.01. The van der Waals surface area contributed by atoms with Gasteiger partial charge >= 0.3 is 0 Å². The average molecular weight is 304 g/mol. The van der Waals surface area contributed by atoms with Gasteiger partial charge in [0.05, 0.1) is 6.10 Å². The molecule has 0 radical (unpaired) electrons. The summed E-state index contributed by atoms with van der Waals surface area (Å²) in [5.74, 6) is -0.00758. The third-order valence-corrected chi connectivity index (χ3v) is 4.94. The van der Waals surface area contributed by atoms with Gasteiger partial charge in [-0.15, -0.1) is 0 Å². The zero-order chi connectivity index (χ0) is 16.2. The molecular weight excluding hydrogens is 276 g/mol. The smallest absolute Gasteiger partial charge is 0.251 e. The quantitative estimate of drug-likeness (QED) is 0.879. The number of carbonyl (C=O) groups is 1. The molecule has 1 aromatic carbocycles. The molecule has 1 aliphatic heterocycles. The lowest BCUT2D eigenvalue weighted by Gasteiger charge is -2.31. The summed E-state index contributed by atoms with van der Waals surface area (Å²) in [6.07, 6.45) is 3.30. The van der Waals surface area contributed by atoms with Crippen LogP contribution < -0.4 is 10.2 Å². The van der Waals surface area contributed by atoms with Gasteiger partial charge in [-0.3, -0.25) is 4.79 Å². The van der Waals surface area contributed by atoms with Crippen LogP contribution in [0.1, 0.15) is 56.8 Å². The number of anilines is 1. The summed E-state index contributed by atoms with van der Waals surface area (Å²) in [7, 11) is 0. The van der Waals surface area contributed by atoms with Crippen LogP contribution in [0.3, 0.4) is 0 Å². The maximum Gasteiger partial charge on any atom is 0.251 e. The number of piperidine rings is 1. The molecule has 1 saturated heterocycles. The molecule has 4 nitrogen and oxygen atoms in total. The van der Waals surface area contributed by atoms with E-state index in [1.807, 2.05) is 24.3 Å². The first kappa shape index (κ1) is 16.8. The van der Waals surface area contributed by atoms with E-state index >= 15 is 0 Å². The number of nitrogens with zero attached hydrogens (tertiary/aromatic N) is 1. The van der Waals surface area contributed by atoms with E-state index in [4.69, 9.17) is 0 Å². The Hall–Kier alpha value is -1.55. The maximum absolute atomic E-state index is 12.4. The molecule has 1 aliphatic rings. The topological polar surface area (TPSA) is 52.6 Å². The van der Waals surface area contributed by atoms with Gasteiger partial charge in [0, 0.05) is 29.9 Å². The summed E-state index contributed by atoms with van der Waals surface area (Å²) in [5, 5.41) is 12.7. The average Bonchev–Trinajstić information content (AvgIpc) is 2.55. The van der Waals surface area contributed by atoms with Crippen molar-refractivity contribution in [3.05, 3.63) is 29.8 Å². The van der Waals surface area contributed by atoms with Crippen LogP contribution in [0.4, 0.5) is 5.69 Å². The Morgan fingerprint density at radius 2 is 1.77 bits per heavy atom. The van der Waals surface area contributed by atoms with Gasteiger partial charge in [0.25, 0.3) is 5.91 Å². The van der Waals surface area contributed by atoms with E-state index in [0.717, 1.165) is 44.5 Å². The van der Waals surface area contributed by atoms with Crippen LogP contribution >= 0.6 is 0 Å². The van der Waals surface area contributed by atoms with Crippen molar-refractivity contribution in [2.75, 3.05) is 18.0 Å². The number of aliphatic hydroxyl groups is 1. The molecule has 2 rings (SSSR count). The SMILES string of the molecule is CCC(C)(CC)NC(=O)c1ccc(N2CCC(O)CC2)cc1. The van der Waals surface area contributed by atoms with Crippen molar-refractivity contribution in [3.8, 4) is 0 Å². The molecule has 0 bridgehead atoms. The highest BCUT2D eigenvalue weighted by atomic mass is 16.3. The molecule has 1 aromatic rings. The molecule has 1 fully saturated rings. The van der Waals surface area contributed by atoms with Crippen LogP contribution in [-0.2, 0) is 0 Å². The van der Waals surface area contributed by atoms with Gasteiger partial charge in [-0.1, -0.05) is 13.8 Å². The number of amides is 1. The van der Waals surface area contributed by atoms with Crippen LogP contribution in [0.15, 0.2) is 24.3 Å². The lowest BCUT2D eigenvalue weighted by atomic mass is 9.95. The first-order valence-electron chi connectivity index (χ1n) is 8.33. The van der Waals surface area contributed by atoms with Gasteiger partial charge in [-0.05, 0) is 56.9 Å². The van der Waals surface area contributed by atoms with Crippen LogP contribution in [0.25, 0.3) is 0 Å². The second-order valence-electron chi connectivity index (χ2n) is 6.49. The second kappa shape index (κ2) is 7.14. The van der Waals surface area contributed by atoms with Gasteiger partial charge in [-0.25, -0.2) is 0 Å². The molecule has 0 aromatic heterocycles. The number of rotatable bonds is 5. The van der Waals surface area contributed by atoms with Crippen molar-refractivity contribution >= 4 is 11.6 Å². The van der Waals surface area contributed by atoms with Gasteiger partial charge in [0.1, 0.15) is 0 Å². The molecule has 22 heavy (non-hydrogen) atoms. The van der Waals surface area contributed by atoms with Crippen molar-refractivity contribution in [1.29, 1.82) is 0 Å². The molecule has 4 heteroatoms. The molecule has 1 heterocycles. The Balaban J connectivity index is 2.01. The predicted octanol–water partition coefficient (Wildman–Crippen LogP) is 2.96. The van der Waals surface area contributed by atoms with Gasteiger partial charge in [0.15, 0.2) is 0 Å². The zero-order valence-electron chi connectivity index (χ0n) is 13.9. The van der Waals surface area contributed by atoms with Crippen molar-refractivity contribution in [3.63, 3.8) is 0 Å². The fraction of sp³-hybridized carbons (Fsp3) is 0.611. The van der Waals surface area contributed by atoms with E-state index in [9.17, 15) is 9.90 Å². The van der Waals surface area contributed by atoms with Crippen molar-refractivity contribution in [2.24, 2.45) is 0 Å². The first-order chi connectivity index (χ1) is 10.5. The van der Waals surface area contributed by atoms with E-state index in [-0.39, 0.29) is 17.6 Å². The Kier molecular flexibility index (Phi) is 5.46. The van der Waals surface area contributed by atoms with Crippen LogP contribution in [0, 0.1) is 0 Å². The Labute approximate surface area is 133 Å².